The first-order valence-corrected chi connectivity index (χ1v) is 11.2. The molecule has 0 unspecified atom stereocenters. The van der Waals surface area contributed by atoms with Gasteiger partial charge in [-0.15, -0.1) is 0 Å². The molecule has 33 heavy (non-hydrogen) atoms. The van der Waals surface area contributed by atoms with Crippen molar-refractivity contribution in [2.24, 2.45) is 0 Å². The Morgan fingerprint density at radius 2 is 1.82 bits per heavy atom. The normalized spacial score (nSPS) is 14.1. The number of aryl methyl sites for hydroxylation is 1. The van der Waals surface area contributed by atoms with Crippen LogP contribution in [0.15, 0.2) is 42.5 Å². The Morgan fingerprint density at radius 3 is 2.48 bits per heavy atom. The van der Waals surface area contributed by atoms with Gasteiger partial charge in [-0.1, -0.05) is 12.1 Å². The first-order chi connectivity index (χ1) is 15.9. The molecule has 0 bridgehead atoms. The van der Waals surface area contributed by atoms with E-state index < -0.39 is 16.8 Å². The molecule has 0 radical (unpaired) electrons. The lowest BCUT2D eigenvalue weighted by molar-refractivity contribution is -0.384. The van der Waals surface area contributed by atoms with E-state index in [1.165, 1.54) is 23.4 Å². The van der Waals surface area contributed by atoms with Gasteiger partial charge in [-0.05, 0) is 50.6 Å². The van der Waals surface area contributed by atoms with Gasteiger partial charge in [0, 0.05) is 56.1 Å². The van der Waals surface area contributed by atoms with Crippen molar-refractivity contribution in [2.75, 3.05) is 50.8 Å². The van der Waals surface area contributed by atoms with Crippen molar-refractivity contribution in [3.05, 3.63) is 69.3 Å². The number of carbonyl (C=O) groups is 2. The number of rotatable bonds is 9. The molecule has 0 aromatic heterocycles. The van der Waals surface area contributed by atoms with Gasteiger partial charge in [0.05, 0.1) is 17.1 Å². The first kappa shape index (κ1) is 24.2. The Labute approximate surface area is 193 Å². The third kappa shape index (κ3) is 6.76. The summed E-state index contributed by atoms with van der Waals surface area (Å²) in [5, 5.41) is 14.0. The number of nitrogens with zero attached hydrogens (tertiary/aromatic N) is 3. The van der Waals surface area contributed by atoms with Gasteiger partial charge in [0.2, 0.25) is 0 Å². The van der Waals surface area contributed by atoms with Crippen LogP contribution < -0.4 is 10.2 Å². The standard InChI is InChI=1S/C24H30N4O5/c1-3-33-24(30)20-15-19(16-22(17-20)28(31)32)23(29)25-8-5-9-26-10-12-27(13-11-26)21-7-4-6-18(2)14-21/h4,6-7,14-17H,3,5,8-13H2,1-2H3,(H,25,29). The summed E-state index contributed by atoms with van der Waals surface area (Å²) in [7, 11) is 0. The van der Waals surface area contributed by atoms with Crippen LogP contribution in [0.25, 0.3) is 0 Å². The van der Waals surface area contributed by atoms with Crippen LogP contribution in [0, 0.1) is 17.0 Å². The third-order valence-corrected chi connectivity index (χ3v) is 5.58. The molecule has 1 fully saturated rings. The van der Waals surface area contributed by atoms with Crippen molar-refractivity contribution in [1.29, 1.82) is 0 Å². The number of piperazine rings is 1. The zero-order valence-corrected chi connectivity index (χ0v) is 19.1. The SMILES string of the molecule is CCOC(=O)c1cc(C(=O)NCCCN2CCN(c3cccc(C)c3)CC2)cc([N+](=O)[O-])c1. The van der Waals surface area contributed by atoms with E-state index in [-0.39, 0.29) is 23.4 Å². The molecule has 1 heterocycles. The number of nitrogens with one attached hydrogen (secondary N) is 1. The van der Waals surface area contributed by atoms with E-state index in [1.54, 1.807) is 6.92 Å². The average molecular weight is 455 g/mol. The van der Waals surface area contributed by atoms with Crippen molar-refractivity contribution in [3.8, 4) is 0 Å². The molecule has 0 spiro atoms. The summed E-state index contributed by atoms with van der Waals surface area (Å²) in [5.74, 6) is -1.14. The van der Waals surface area contributed by atoms with Crippen molar-refractivity contribution in [3.63, 3.8) is 0 Å². The maximum absolute atomic E-state index is 12.5. The summed E-state index contributed by atoms with van der Waals surface area (Å²) >= 11 is 0. The number of non-ortho nitro benzene ring substituents is 1. The minimum absolute atomic E-state index is 0.0114. The lowest BCUT2D eigenvalue weighted by Gasteiger charge is -2.36. The maximum Gasteiger partial charge on any atom is 0.338 e. The fourth-order valence-corrected chi connectivity index (χ4v) is 3.84. The molecule has 1 saturated heterocycles. The summed E-state index contributed by atoms with van der Waals surface area (Å²) in [6.07, 6.45) is 0.760. The monoisotopic (exact) mass is 454 g/mol. The van der Waals surface area contributed by atoms with Crippen LogP contribution in [0.2, 0.25) is 0 Å². The highest BCUT2D eigenvalue weighted by molar-refractivity contribution is 5.99. The van der Waals surface area contributed by atoms with Gasteiger partial charge >= 0.3 is 5.97 Å². The van der Waals surface area contributed by atoms with Crippen LogP contribution in [0.1, 0.15) is 39.6 Å². The number of hydrogen-bond acceptors (Lipinski definition) is 7. The Morgan fingerprint density at radius 1 is 1.09 bits per heavy atom. The molecular weight excluding hydrogens is 424 g/mol. The Kier molecular flexibility index (Phi) is 8.37. The molecule has 9 nitrogen and oxygen atoms in total. The van der Waals surface area contributed by atoms with E-state index >= 15 is 0 Å². The average Bonchev–Trinajstić information content (AvgIpc) is 2.82. The number of anilines is 1. The largest absolute Gasteiger partial charge is 0.462 e. The van der Waals surface area contributed by atoms with Gasteiger partial charge in [0.25, 0.3) is 11.6 Å². The van der Waals surface area contributed by atoms with E-state index in [0.717, 1.165) is 45.2 Å². The molecule has 0 aliphatic carbocycles. The molecule has 3 rings (SSSR count). The van der Waals surface area contributed by atoms with E-state index in [2.05, 4.69) is 46.3 Å². The van der Waals surface area contributed by atoms with Crippen LogP contribution in [0.3, 0.4) is 0 Å². The predicted molar refractivity (Wildman–Crippen MR) is 126 cm³/mol. The van der Waals surface area contributed by atoms with Crippen molar-refractivity contribution < 1.29 is 19.2 Å². The van der Waals surface area contributed by atoms with Gasteiger partial charge in [-0.25, -0.2) is 4.79 Å². The topological polar surface area (TPSA) is 105 Å². The number of nitro benzene ring substituents is 1. The van der Waals surface area contributed by atoms with Crippen LogP contribution in [0.5, 0.6) is 0 Å². The number of benzene rings is 2. The van der Waals surface area contributed by atoms with Crippen LogP contribution in [-0.4, -0.2) is 67.6 Å². The molecule has 0 saturated carbocycles. The fourth-order valence-electron chi connectivity index (χ4n) is 3.84. The zero-order chi connectivity index (χ0) is 23.8. The Hall–Kier alpha value is -3.46. The summed E-state index contributed by atoms with van der Waals surface area (Å²) < 4.78 is 4.90. The highest BCUT2D eigenvalue weighted by Gasteiger charge is 2.19. The van der Waals surface area contributed by atoms with Crippen LogP contribution in [-0.2, 0) is 4.74 Å². The molecule has 2 aromatic rings. The van der Waals surface area contributed by atoms with Gasteiger partial charge in [0.15, 0.2) is 0 Å². The fraction of sp³-hybridized carbons (Fsp3) is 0.417. The molecule has 1 aliphatic rings. The lowest BCUT2D eigenvalue weighted by atomic mass is 10.1. The lowest BCUT2D eigenvalue weighted by Crippen LogP contribution is -2.47. The summed E-state index contributed by atoms with van der Waals surface area (Å²) in [6.45, 7) is 9.00. The molecule has 1 amide bonds. The number of carbonyl (C=O) groups excluding carboxylic acids is 2. The van der Waals surface area contributed by atoms with Crippen molar-refractivity contribution >= 4 is 23.3 Å². The molecular formula is C24H30N4O5. The molecule has 0 atom stereocenters. The summed E-state index contributed by atoms with van der Waals surface area (Å²) in [5.41, 5.74) is 2.24. The molecule has 2 aromatic carbocycles. The molecule has 9 heteroatoms. The van der Waals surface area contributed by atoms with Gasteiger partial charge in [-0.3, -0.25) is 19.8 Å². The number of ether oxygens (including phenoxy) is 1. The quantitative estimate of drug-likeness (QED) is 0.269. The van der Waals surface area contributed by atoms with Crippen molar-refractivity contribution in [2.45, 2.75) is 20.3 Å². The van der Waals surface area contributed by atoms with Gasteiger partial charge < -0.3 is 15.0 Å². The second-order valence-electron chi connectivity index (χ2n) is 8.02. The van der Waals surface area contributed by atoms with Crippen LogP contribution in [0.4, 0.5) is 11.4 Å². The minimum atomic E-state index is -0.694. The van der Waals surface area contributed by atoms with E-state index in [0.29, 0.717) is 6.54 Å². The van der Waals surface area contributed by atoms with E-state index in [1.807, 2.05) is 0 Å². The molecule has 1 aliphatic heterocycles. The highest BCUT2D eigenvalue weighted by atomic mass is 16.6. The van der Waals surface area contributed by atoms with Crippen molar-refractivity contribution in [1.82, 2.24) is 10.2 Å². The Balaban J connectivity index is 1.47. The predicted octanol–water partition coefficient (Wildman–Crippen LogP) is 3.02. The second-order valence-corrected chi connectivity index (χ2v) is 8.02. The number of amides is 1. The van der Waals surface area contributed by atoms with Gasteiger partial charge in [-0.2, -0.15) is 0 Å². The molecule has 1 N–H and O–H groups in total. The summed E-state index contributed by atoms with van der Waals surface area (Å²) in [4.78, 5) is 39.8. The van der Waals surface area contributed by atoms with E-state index in [9.17, 15) is 19.7 Å². The third-order valence-electron chi connectivity index (χ3n) is 5.58. The summed E-state index contributed by atoms with van der Waals surface area (Å²) in [6, 6.07) is 12.1. The van der Waals surface area contributed by atoms with E-state index in [4.69, 9.17) is 4.74 Å². The van der Waals surface area contributed by atoms with Crippen LogP contribution >= 0.6 is 0 Å². The minimum Gasteiger partial charge on any atom is -0.462 e. The number of nitro groups is 1. The molecule has 176 valence electrons. The smallest absolute Gasteiger partial charge is 0.338 e. The maximum atomic E-state index is 12.5. The highest BCUT2D eigenvalue weighted by Crippen LogP contribution is 2.19. The number of hydrogen-bond donors (Lipinski definition) is 1. The van der Waals surface area contributed by atoms with Gasteiger partial charge in [0.1, 0.15) is 0 Å². The second kappa shape index (κ2) is 11.4. The zero-order valence-electron chi connectivity index (χ0n) is 19.1. The first-order valence-electron chi connectivity index (χ1n) is 11.2. The Bertz CT molecular complexity index is 1000. The number of esters is 1.